The number of pyridine rings is 2. The van der Waals surface area contributed by atoms with E-state index >= 15 is 0 Å². The Balaban J connectivity index is 0.000000162. The molecule has 0 unspecified atom stereocenters. The molecule has 52 heavy (non-hydrogen) atoms. The van der Waals surface area contributed by atoms with Gasteiger partial charge in [0.2, 0.25) is 0 Å². The molecule has 10 heteroatoms. The average Bonchev–Trinajstić information content (AvgIpc) is 3.75. The molecule has 4 aromatic carbocycles. The number of anilines is 2. The highest BCUT2D eigenvalue weighted by atomic mass is 32.2. The van der Waals surface area contributed by atoms with Gasteiger partial charge in [-0.05, 0) is 103 Å². The number of aromatic nitrogens is 2. The van der Waals surface area contributed by atoms with Gasteiger partial charge in [-0.25, -0.2) is 18.4 Å². The monoisotopic (exact) mass is 732 g/mol. The lowest BCUT2D eigenvalue weighted by Crippen LogP contribution is -2.12. The third-order valence-electron chi connectivity index (χ3n) is 9.55. The normalized spacial score (nSPS) is 16.1. The van der Waals surface area contributed by atoms with Crippen LogP contribution < -0.4 is 20.1 Å². The largest absolute Gasteiger partial charge is 0.492 e. The highest BCUT2D eigenvalue weighted by Gasteiger charge is 2.23. The maximum Gasteiger partial charge on any atom is 0.150 e. The predicted molar refractivity (Wildman–Crippen MR) is 215 cm³/mol. The number of thioether (sulfide) groups is 1. The van der Waals surface area contributed by atoms with Gasteiger partial charge in [0.25, 0.3) is 0 Å². The van der Waals surface area contributed by atoms with Crippen LogP contribution in [-0.2, 0) is 22.7 Å². The Hall–Kier alpha value is -4.80. The number of benzene rings is 4. The number of nitrogens with zero attached hydrogens (tertiary/aromatic N) is 2. The Morgan fingerprint density at radius 3 is 1.65 bits per heavy atom. The van der Waals surface area contributed by atoms with Gasteiger partial charge in [0, 0.05) is 22.8 Å². The third-order valence-corrected chi connectivity index (χ3v) is 11.0. The molecule has 0 spiro atoms. The first-order valence-corrected chi connectivity index (χ1v) is 21.2. The first kappa shape index (κ1) is 35.6. The van der Waals surface area contributed by atoms with E-state index < -0.39 is 9.84 Å². The van der Waals surface area contributed by atoms with Crippen LogP contribution in [0.15, 0.2) is 109 Å². The van der Waals surface area contributed by atoms with Gasteiger partial charge < -0.3 is 20.1 Å². The van der Waals surface area contributed by atoms with Crippen LogP contribution in [-0.4, -0.2) is 55.6 Å². The van der Waals surface area contributed by atoms with E-state index in [0.717, 1.165) is 77.2 Å². The van der Waals surface area contributed by atoms with Crippen molar-refractivity contribution in [3.8, 4) is 11.5 Å². The van der Waals surface area contributed by atoms with Crippen molar-refractivity contribution in [2.24, 2.45) is 0 Å². The third kappa shape index (κ3) is 8.62. The van der Waals surface area contributed by atoms with Crippen LogP contribution in [0.5, 0.6) is 11.5 Å². The molecule has 2 aliphatic rings. The fourth-order valence-corrected chi connectivity index (χ4v) is 7.61. The van der Waals surface area contributed by atoms with Gasteiger partial charge in [0.1, 0.15) is 29.7 Å². The van der Waals surface area contributed by atoms with Gasteiger partial charge in [-0.1, -0.05) is 60.7 Å². The quantitative estimate of drug-likeness (QED) is 0.120. The van der Waals surface area contributed by atoms with Crippen LogP contribution in [0.1, 0.15) is 47.2 Å². The molecule has 2 aromatic heterocycles. The van der Waals surface area contributed by atoms with Gasteiger partial charge >= 0.3 is 0 Å². The van der Waals surface area contributed by atoms with Crippen molar-refractivity contribution in [2.45, 2.75) is 37.8 Å². The van der Waals surface area contributed by atoms with E-state index in [1.165, 1.54) is 28.5 Å². The van der Waals surface area contributed by atoms with Gasteiger partial charge in [0.05, 0.1) is 35.5 Å². The van der Waals surface area contributed by atoms with E-state index in [4.69, 9.17) is 19.4 Å². The molecular formula is C42H44N4O4S2. The highest BCUT2D eigenvalue weighted by molar-refractivity contribution is 7.98. The Labute approximate surface area is 310 Å². The number of sulfone groups is 1. The molecule has 2 aliphatic carbocycles. The lowest BCUT2D eigenvalue weighted by Gasteiger charge is -2.16. The van der Waals surface area contributed by atoms with Crippen molar-refractivity contribution in [3.05, 3.63) is 131 Å². The summed E-state index contributed by atoms with van der Waals surface area (Å²) in [6.45, 7) is 0.857. The van der Waals surface area contributed by atoms with Crippen LogP contribution in [0.4, 0.5) is 11.6 Å². The zero-order valence-corrected chi connectivity index (χ0v) is 31.2. The molecule has 8 nitrogen and oxygen atoms in total. The molecule has 0 fully saturated rings. The first-order chi connectivity index (χ1) is 25.3. The van der Waals surface area contributed by atoms with Crippen LogP contribution >= 0.6 is 11.8 Å². The topological polar surface area (TPSA) is 102 Å². The summed E-state index contributed by atoms with van der Waals surface area (Å²) >= 11 is 1.79. The summed E-state index contributed by atoms with van der Waals surface area (Å²) in [7, 11) is -3.04. The minimum atomic E-state index is -3.04. The Morgan fingerprint density at radius 1 is 0.654 bits per heavy atom. The Bertz CT molecular complexity index is 2280. The maximum absolute atomic E-state index is 11.3. The van der Waals surface area contributed by atoms with Crippen molar-refractivity contribution in [1.82, 2.24) is 9.97 Å². The van der Waals surface area contributed by atoms with Crippen molar-refractivity contribution >= 4 is 55.0 Å². The number of ether oxygens (including phenoxy) is 2. The van der Waals surface area contributed by atoms with E-state index in [1.54, 1.807) is 11.8 Å². The molecule has 0 aliphatic heterocycles. The number of hydrogen-bond acceptors (Lipinski definition) is 9. The summed E-state index contributed by atoms with van der Waals surface area (Å²) in [6.07, 6.45) is 7.70. The van der Waals surface area contributed by atoms with E-state index in [-0.39, 0.29) is 18.4 Å². The highest BCUT2D eigenvalue weighted by Crippen LogP contribution is 2.36. The molecule has 0 amide bonds. The summed E-state index contributed by atoms with van der Waals surface area (Å²) in [6, 6.07) is 37.7. The molecule has 6 aromatic rings. The number of rotatable bonds is 12. The summed E-state index contributed by atoms with van der Waals surface area (Å²) < 4.78 is 34.1. The standard InChI is InChI=1S/C21H22N2O3S.C21H22N2OS/c1-27(24,25)14-13-26-20-8-4-7-18-17(20)10-12-21(22-18)23-19-11-9-15-5-2-3-6-16(15)19;1-25-14-13-24-20-8-4-7-18-17(20)10-12-21(22-18)23-19-11-9-15-5-2-3-6-16(15)19/h2-8,10,12,19H,9,11,13-14H2,1H3,(H,22,23);2-8,10,12,19H,9,11,13-14H2,1H3,(H,22,23)/t2*19-/m11/s1. The summed E-state index contributed by atoms with van der Waals surface area (Å²) in [4.78, 5) is 9.52. The number of fused-ring (bicyclic) bond motifs is 4. The second-order valence-electron chi connectivity index (χ2n) is 13.2. The zero-order valence-electron chi connectivity index (χ0n) is 29.5. The molecule has 0 bridgehead atoms. The molecule has 0 saturated carbocycles. The number of nitrogens with one attached hydrogen (secondary N) is 2. The molecule has 8 rings (SSSR count). The SMILES string of the molecule is CS(=O)(=O)CCOc1cccc2nc(N[C@@H]3CCc4ccccc43)ccc12.CSCCOc1cccc2nc(N[C@@H]3CCc4ccccc43)ccc12. The minimum Gasteiger partial charge on any atom is -0.492 e. The molecule has 2 heterocycles. The van der Waals surface area contributed by atoms with E-state index in [9.17, 15) is 8.42 Å². The van der Waals surface area contributed by atoms with E-state index in [0.29, 0.717) is 11.8 Å². The van der Waals surface area contributed by atoms with Gasteiger partial charge in [-0.3, -0.25) is 0 Å². The zero-order chi connectivity index (χ0) is 35.9. The van der Waals surface area contributed by atoms with Gasteiger partial charge in [0.15, 0.2) is 9.84 Å². The second-order valence-corrected chi connectivity index (χ2v) is 16.5. The van der Waals surface area contributed by atoms with Gasteiger partial charge in [-0.15, -0.1) is 0 Å². The van der Waals surface area contributed by atoms with Crippen LogP contribution in [0.25, 0.3) is 21.8 Å². The molecule has 2 N–H and O–H groups in total. The summed E-state index contributed by atoms with van der Waals surface area (Å²) in [5, 5.41) is 9.09. The summed E-state index contributed by atoms with van der Waals surface area (Å²) in [5.74, 6) is 4.31. The van der Waals surface area contributed by atoms with Crippen molar-refractivity contribution < 1.29 is 17.9 Å². The van der Waals surface area contributed by atoms with Crippen molar-refractivity contribution in [1.29, 1.82) is 0 Å². The Kier molecular flexibility index (Phi) is 11.1. The first-order valence-electron chi connectivity index (χ1n) is 17.7. The average molecular weight is 733 g/mol. The van der Waals surface area contributed by atoms with Gasteiger partial charge in [-0.2, -0.15) is 11.8 Å². The van der Waals surface area contributed by atoms with Crippen LogP contribution in [0.2, 0.25) is 0 Å². The van der Waals surface area contributed by atoms with E-state index in [2.05, 4.69) is 77.6 Å². The van der Waals surface area contributed by atoms with Crippen LogP contribution in [0.3, 0.4) is 0 Å². The molecule has 0 radical (unpaired) electrons. The smallest absolute Gasteiger partial charge is 0.150 e. The predicted octanol–water partition coefficient (Wildman–Crippen LogP) is 8.83. The summed E-state index contributed by atoms with van der Waals surface area (Å²) in [5.41, 5.74) is 7.39. The van der Waals surface area contributed by atoms with Crippen molar-refractivity contribution in [3.63, 3.8) is 0 Å². The van der Waals surface area contributed by atoms with Crippen molar-refractivity contribution in [2.75, 3.05) is 47.9 Å². The molecular weight excluding hydrogens is 689 g/mol. The minimum absolute atomic E-state index is 0.00244. The molecule has 268 valence electrons. The fraction of sp³-hybridized carbons (Fsp3) is 0.286. The fourth-order valence-electron chi connectivity index (χ4n) is 6.98. The number of aryl methyl sites for hydroxylation is 2. The maximum atomic E-state index is 11.3. The molecule has 0 saturated heterocycles. The number of hydrogen-bond donors (Lipinski definition) is 2. The molecule has 2 atom stereocenters. The lowest BCUT2D eigenvalue weighted by molar-refractivity contribution is 0.345. The lowest BCUT2D eigenvalue weighted by atomic mass is 10.1. The Morgan fingerprint density at radius 2 is 1.15 bits per heavy atom. The second kappa shape index (κ2) is 16.3. The van der Waals surface area contributed by atoms with Crippen LogP contribution in [0, 0.1) is 0 Å². The van der Waals surface area contributed by atoms with E-state index in [1.807, 2.05) is 48.5 Å².